The smallest absolute Gasteiger partial charge is 0.123 e. The summed E-state index contributed by atoms with van der Waals surface area (Å²) in [6.45, 7) is 6.29. The van der Waals surface area contributed by atoms with Gasteiger partial charge in [-0.1, -0.05) is 68.8 Å². The predicted molar refractivity (Wildman–Crippen MR) is 123 cm³/mol. The van der Waals surface area contributed by atoms with Crippen molar-refractivity contribution < 1.29 is 4.39 Å². The van der Waals surface area contributed by atoms with Crippen LogP contribution in [0.3, 0.4) is 0 Å². The molecular weight excluding hydrogens is 359 g/mol. The van der Waals surface area contributed by atoms with E-state index in [2.05, 4.69) is 55.2 Å². The normalized spacial score (nSPS) is 14.5. The average molecular weight is 393 g/mol. The molecule has 3 heteroatoms. The van der Waals surface area contributed by atoms with Crippen LogP contribution >= 0.6 is 0 Å². The third kappa shape index (κ3) is 6.72. The summed E-state index contributed by atoms with van der Waals surface area (Å²) in [6, 6.07) is 16.6. The van der Waals surface area contributed by atoms with E-state index in [1.54, 1.807) is 12.1 Å². The SMILES string of the molecule is C/C=C(\CC(N)c1ccc(F)cc1)N(C1=CCCC=C1)c1ccccc1.CCC. The van der Waals surface area contributed by atoms with Gasteiger partial charge in [-0.25, -0.2) is 4.39 Å². The van der Waals surface area contributed by atoms with Gasteiger partial charge in [-0.15, -0.1) is 0 Å². The number of allylic oxidation sites excluding steroid dienone is 4. The van der Waals surface area contributed by atoms with E-state index in [4.69, 9.17) is 5.73 Å². The molecule has 0 saturated carbocycles. The highest BCUT2D eigenvalue weighted by molar-refractivity contribution is 5.61. The van der Waals surface area contributed by atoms with Crippen LogP contribution in [-0.4, -0.2) is 0 Å². The molecule has 1 aliphatic carbocycles. The van der Waals surface area contributed by atoms with E-state index in [1.807, 2.05) is 25.1 Å². The number of hydrogen-bond donors (Lipinski definition) is 1. The molecule has 2 nitrogen and oxygen atoms in total. The standard InChI is InChI=1S/C23H25FN2.C3H8/c1-2-20(17-23(25)18-13-15-19(24)16-14-18)26(21-9-5-3-6-10-21)22-11-7-4-8-12-22;1-3-2/h2-3,5-7,9-16,23H,4,8,17,25H2,1H3;3H2,1-2H3/b20-2+;. The fourth-order valence-corrected chi connectivity index (χ4v) is 3.21. The molecule has 1 atom stereocenters. The summed E-state index contributed by atoms with van der Waals surface area (Å²) in [7, 11) is 0. The van der Waals surface area contributed by atoms with E-state index in [-0.39, 0.29) is 11.9 Å². The molecule has 29 heavy (non-hydrogen) atoms. The maximum Gasteiger partial charge on any atom is 0.123 e. The summed E-state index contributed by atoms with van der Waals surface area (Å²) in [5.74, 6) is -0.240. The van der Waals surface area contributed by atoms with Crippen LogP contribution in [0.2, 0.25) is 0 Å². The Morgan fingerprint density at radius 3 is 2.28 bits per heavy atom. The Hall–Kier alpha value is -2.65. The van der Waals surface area contributed by atoms with Gasteiger partial charge in [-0.05, 0) is 55.7 Å². The van der Waals surface area contributed by atoms with E-state index in [9.17, 15) is 4.39 Å². The molecule has 0 fully saturated rings. The Kier molecular flexibility index (Phi) is 9.39. The second kappa shape index (κ2) is 12.0. The Bertz CT molecular complexity index is 820. The molecule has 0 amide bonds. The lowest BCUT2D eigenvalue weighted by Crippen LogP contribution is -2.25. The minimum Gasteiger partial charge on any atom is -0.324 e. The summed E-state index contributed by atoms with van der Waals surface area (Å²) in [5.41, 5.74) is 10.8. The van der Waals surface area contributed by atoms with Crippen molar-refractivity contribution in [1.29, 1.82) is 0 Å². The van der Waals surface area contributed by atoms with Crippen LogP contribution < -0.4 is 10.6 Å². The van der Waals surface area contributed by atoms with Gasteiger partial charge in [-0.3, -0.25) is 0 Å². The number of nitrogens with zero attached hydrogens (tertiary/aromatic N) is 1. The highest BCUT2D eigenvalue weighted by Gasteiger charge is 2.19. The van der Waals surface area contributed by atoms with Gasteiger partial charge in [0.15, 0.2) is 0 Å². The Morgan fingerprint density at radius 1 is 1.07 bits per heavy atom. The lowest BCUT2D eigenvalue weighted by atomic mass is 10.0. The molecule has 0 radical (unpaired) electrons. The predicted octanol–water partition coefficient (Wildman–Crippen LogP) is 7.28. The summed E-state index contributed by atoms with van der Waals surface area (Å²) < 4.78 is 13.2. The van der Waals surface area contributed by atoms with Crippen LogP contribution in [0.5, 0.6) is 0 Å². The zero-order chi connectivity index (χ0) is 21.1. The number of anilines is 1. The second-order valence-electron chi connectivity index (χ2n) is 7.13. The minimum atomic E-state index is -0.240. The van der Waals surface area contributed by atoms with Crippen molar-refractivity contribution in [3.63, 3.8) is 0 Å². The first-order valence-electron chi connectivity index (χ1n) is 10.5. The summed E-state index contributed by atoms with van der Waals surface area (Å²) >= 11 is 0. The van der Waals surface area contributed by atoms with Gasteiger partial charge in [0.25, 0.3) is 0 Å². The van der Waals surface area contributed by atoms with Gasteiger partial charge < -0.3 is 10.6 Å². The molecule has 0 spiro atoms. The molecule has 0 aliphatic heterocycles. The van der Waals surface area contributed by atoms with Crippen molar-refractivity contribution in [2.24, 2.45) is 5.73 Å². The number of hydrogen-bond acceptors (Lipinski definition) is 2. The lowest BCUT2D eigenvalue weighted by molar-refractivity contribution is 0.624. The average Bonchev–Trinajstić information content (AvgIpc) is 2.75. The van der Waals surface area contributed by atoms with Crippen LogP contribution in [0, 0.1) is 5.82 Å². The summed E-state index contributed by atoms with van der Waals surface area (Å²) in [5, 5.41) is 0. The molecule has 0 aromatic heterocycles. The first-order chi connectivity index (χ1) is 14.1. The Morgan fingerprint density at radius 2 is 1.72 bits per heavy atom. The zero-order valence-electron chi connectivity index (χ0n) is 17.8. The minimum absolute atomic E-state index is 0.193. The topological polar surface area (TPSA) is 29.3 Å². The first kappa shape index (κ1) is 22.6. The van der Waals surface area contributed by atoms with Crippen LogP contribution in [-0.2, 0) is 0 Å². The van der Waals surface area contributed by atoms with Crippen molar-refractivity contribution in [3.8, 4) is 0 Å². The molecule has 2 aromatic carbocycles. The van der Waals surface area contributed by atoms with Gasteiger partial charge in [0.1, 0.15) is 5.82 Å². The first-order valence-corrected chi connectivity index (χ1v) is 10.5. The van der Waals surface area contributed by atoms with Crippen LogP contribution in [0.1, 0.15) is 58.1 Å². The molecule has 0 bridgehead atoms. The van der Waals surface area contributed by atoms with Gasteiger partial charge in [-0.2, -0.15) is 0 Å². The molecule has 2 aromatic rings. The summed E-state index contributed by atoms with van der Waals surface area (Å²) in [4.78, 5) is 2.26. The molecule has 0 heterocycles. The van der Waals surface area contributed by atoms with Crippen LogP contribution in [0.25, 0.3) is 0 Å². The Balaban J connectivity index is 0.000000941. The maximum absolute atomic E-state index is 13.2. The van der Waals surface area contributed by atoms with Crippen molar-refractivity contribution in [2.75, 3.05) is 4.90 Å². The van der Waals surface area contributed by atoms with Crippen molar-refractivity contribution in [2.45, 2.75) is 52.5 Å². The second-order valence-corrected chi connectivity index (χ2v) is 7.13. The van der Waals surface area contributed by atoms with E-state index in [0.717, 1.165) is 29.8 Å². The van der Waals surface area contributed by atoms with Gasteiger partial charge in [0.05, 0.1) is 0 Å². The number of benzene rings is 2. The van der Waals surface area contributed by atoms with Crippen molar-refractivity contribution >= 4 is 5.69 Å². The lowest BCUT2D eigenvalue weighted by Gasteiger charge is -2.31. The van der Waals surface area contributed by atoms with Crippen molar-refractivity contribution in [3.05, 3.63) is 102 Å². The van der Waals surface area contributed by atoms with Gasteiger partial charge >= 0.3 is 0 Å². The molecule has 0 saturated heterocycles. The number of rotatable bonds is 6. The Labute approximate surface area is 175 Å². The third-order valence-corrected chi connectivity index (χ3v) is 4.60. The number of nitrogens with two attached hydrogens (primary N) is 1. The van der Waals surface area contributed by atoms with Crippen LogP contribution in [0.15, 0.2) is 90.3 Å². The zero-order valence-corrected chi connectivity index (χ0v) is 17.8. The van der Waals surface area contributed by atoms with E-state index >= 15 is 0 Å². The highest BCUT2D eigenvalue weighted by Crippen LogP contribution is 2.31. The van der Waals surface area contributed by atoms with Crippen molar-refractivity contribution in [1.82, 2.24) is 0 Å². The molecule has 2 N–H and O–H groups in total. The van der Waals surface area contributed by atoms with Gasteiger partial charge in [0.2, 0.25) is 0 Å². The highest BCUT2D eigenvalue weighted by atomic mass is 19.1. The molecule has 3 rings (SSSR count). The fourth-order valence-electron chi connectivity index (χ4n) is 3.21. The van der Waals surface area contributed by atoms with E-state index in [0.29, 0.717) is 6.42 Å². The monoisotopic (exact) mass is 392 g/mol. The quantitative estimate of drug-likeness (QED) is 0.560. The maximum atomic E-state index is 13.2. The molecule has 1 unspecified atom stereocenters. The molecule has 1 aliphatic rings. The van der Waals surface area contributed by atoms with E-state index in [1.165, 1.54) is 24.3 Å². The number of halogens is 1. The van der Waals surface area contributed by atoms with Crippen LogP contribution in [0.4, 0.5) is 10.1 Å². The third-order valence-electron chi connectivity index (χ3n) is 4.60. The van der Waals surface area contributed by atoms with E-state index < -0.39 is 0 Å². The molecule has 154 valence electrons. The molecular formula is C26H33FN2. The largest absolute Gasteiger partial charge is 0.324 e. The van der Waals surface area contributed by atoms with Gasteiger partial charge in [0, 0.05) is 29.5 Å². The number of para-hydroxylation sites is 1. The fraction of sp³-hybridized carbons (Fsp3) is 0.308. The summed E-state index contributed by atoms with van der Waals surface area (Å²) in [6.07, 6.45) is 12.8.